The van der Waals surface area contributed by atoms with Crippen molar-refractivity contribution in [3.8, 4) is 5.69 Å². The Labute approximate surface area is 143 Å². The summed E-state index contributed by atoms with van der Waals surface area (Å²) in [5.41, 5.74) is 4.74. The van der Waals surface area contributed by atoms with E-state index in [0.29, 0.717) is 6.42 Å². The Balaban J connectivity index is 2.01. The number of aryl methyl sites for hydroxylation is 1. The summed E-state index contributed by atoms with van der Waals surface area (Å²) in [5, 5.41) is 7.79. The van der Waals surface area contributed by atoms with E-state index in [4.69, 9.17) is 0 Å². The van der Waals surface area contributed by atoms with Crippen molar-refractivity contribution >= 4 is 5.91 Å². The van der Waals surface area contributed by atoms with Gasteiger partial charge in [0.25, 0.3) is 0 Å². The van der Waals surface area contributed by atoms with E-state index >= 15 is 0 Å². The first-order chi connectivity index (χ1) is 11.4. The number of amides is 1. The first-order valence-electron chi connectivity index (χ1n) is 8.44. The molecule has 126 valence electrons. The zero-order chi connectivity index (χ0) is 17.3. The molecule has 0 saturated carbocycles. The number of hydrogen-bond donors (Lipinski definition) is 1. The average Bonchev–Trinajstić information content (AvgIpc) is 2.90. The second-order valence-electron chi connectivity index (χ2n) is 7.40. The zero-order valence-corrected chi connectivity index (χ0v) is 14.7. The Morgan fingerprint density at radius 1 is 1.46 bits per heavy atom. The van der Waals surface area contributed by atoms with Crippen molar-refractivity contribution in [2.75, 3.05) is 0 Å². The third-order valence-electron chi connectivity index (χ3n) is 4.69. The minimum Gasteiger partial charge on any atom is -0.349 e. The topological polar surface area (TPSA) is 46.9 Å². The highest BCUT2D eigenvalue weighted by Crippen LogP contribution is 2.41. The Morgan fingerprint density at radius 3 is 2.92 bits per heavy atom. The molecule has 0 spiro atoms. The summed E-state index contributed by atoms with van der Waals surface area (Å²) >= 11 is 0. The lowest BCUT2D eigenvalue weighted by Gasteiger charge is -2.36. The van der Waals surface area contributed by atoms with Gasteiger partial charge in [-0.05, 0) is 36.8 Å². The van der Waals surface area contributed by atoms with Gasteiger partial charge in [-0.3, -0.25) is 4.79 Å². The van der Waals surface area contributed by atoms with Gasteiger partial charge < -0.3 is 5.32 Å². The normalized spacial score (nSPS) is 18.7. The molecule has 0 bridgehead atoms. The molecule has 1 heterocycles. The molecule has 3 rings (SSSR count). The van der Waals surface area contributed by atoms with Crippen LogP contribution in [0.3, 0.4) is 0 Å². The van der Waals surface area contributed by atoms with Crippen molar-refractivity contribution in [1.29, 1.82) is 0 Å². The monoisotopic (exact) mass is 323 g/mol. The van der Waals surface area contributed by atoms with Gasteiger partial charge >= 0.3 is 0 Å². The van der Waals surface area contributed by atoms with E-state index in [0.717, 1.165) is 24.1 Å². The number of para-hydroxylation sites is 1. The number of nitrogens with zero attached hydrogens (tertiary/aromatic N) is 2. The van der Waals surface area contributed by atoms with Crippen LogP contribution in [0.2, 0.25) is 0 Å². The van der Waals surface area contributed by atoms with E-state index < -0.39 is 0 Å². The minimum absolute atomic E-state index is 0.00830. The van der Waals surface area contributed by atoms with E-state index in [9.17, 15) is 4.79 Å². The fraction of sp³-hybridized carbons (Fsp3) is 0.400. The molecule has 24 heavy (non-hydrogen) atoms. The number of aromatic nitrogens is 2. The second-order valence-corrected chi connectivity index (χ2v) is 7.40. The summed E-state index contributed by atoms with van der Waals surface area (Å²) in [6.07, 6.45) is 5.77. The molecule has 4 nitrogen and oxygen atoms in total. The van der Waals surface area contributed by atoms with Gasteiger partial charge in [0.15, 0.2) is 0 Å². The Bertz CT molecular complexity index is 773. The lowest BCUT2D eigenvalue weighted by atomic mass is 9.74. The second kappa shape index (κ2) is 6.27. The van der Waals surface area contributed by atoms with E-state index in [1.54, 1.807) is 6.08 Å². The number of benzene rings is 1. The summed E-state index contributed by atoms with van der Waals surface area (Å²) in [6, 6.07) is 8.27. The number of rotatable bonds is 4. The fourth-order valence-corrected chi connectivity index (χ4v) is 3.56. The first kappa shape index (κ1) is 16.5. The molecule has 1 amide bonds. The van der Waals surface area contributed by atoms with Gasteiger partial charge in [-0.25, -0.2) is 4.68 Å². The van der Waals surface area contributed by atoms with Gasteiger partial charge in [0, 0.05) is 12.0 Å². The van der Waals surface area contributed by atoms with Crippen LogP contribution in [0.5, 0.6) is 0 Å². The van der Waals surface area contributed by atoms with Crippen molar-refractivity contribution in [2.24, 2.45) is 5.41 Å². The van der Waals surface area contributed by atoms with Crippen LogP contribution in [0.15, 0.2) is 43.1 Å². The van der Waals surface area contributed by atoms with Crippen molar-refractivity contribution in [2.45, 2.75) is 46.1 Å². The smallest absolute Gasteiger partial charge is 0.224 e. The lowest BCUT2D eigenvalue weighted by Crippen LogP contribution is -2.36. The highest BCUT2D eigenvalue weighted by molar-refractivity contribution is 5.78. The maximum absolute atomic E-state index is 12.1. The Morgan fingerprint density at radius 2 is 2.21 bits per heavy atom. The maximum Gasteiger partial charge on any atom is 0.224 e. The van der Waals surface area contributed by atoms with Crippen molar-refractivity contribution in [3.05, 3.63) is 59.9 Å². The summed E-state index contributed by atoms with van der Waals surface area (Å²) in [6.45, 7) is 10.2. The molecule has 0 radical (unpaired) electrons. The quantitative estimate of drug-likeness (QED) is 0.868. The van der Waals surface area contributed by atoms with Crippen LogP contribution in [0.4, 0.5) is 0 Å². The van der Waals surface area contributed by atoms with Gasteiger partial charge in [-0.1, -0.05) is 38.1 Å². The van der Waals surface area contributed by atoms with Gasteiger partial charge in [-0.15, -0.1) is 6.58 Å². The number of fused-ring (bicyclic) bond motifs is 1. The molecule has 0 unspecified atom stereocenters. The third-order valence-corrected chi connectivity index (χ3v) is 4.69. The number of hydrogen-bond acceptors (Lipinski definition) is 2. The summed E-state index contributed by atoms with van der Waals surface area (Å²) < 4.78 is 2.04. The molecule has 1 aromatic heterocycles. The molecule has 1 aliphatic carbocycles. The van der Waals surface area contributed by atoms with Crippen LogP contribution < -0.4 is 5.32 Å². The van der Waals surface area contributed by atoms with E-state index in [2.05, 4.69) is 49.9 Å². The van der Waals surface area contributed by atoms with Crippen molar-refractivity contribution in [3.63, 3.8) is 0 Å². The van der Waals surface area contributed by atoms with E-state index in [-0.39, 0.29) is 17.4 Å². The predicted molar refractivity (Wildman–Crippen MR) is 96.1 cm³/mol. The molecule has 0 fully saturated rings. The molecule has 2 aromatic rings. The lowest BCUT2D eigenvalue weighted by molar-refractivity contribution is -0.121. The molecular formula is C20H25N3O. The number of nitrogens with one attached hydrogen (secondary N) is 1. The minimum atomic E-state index is 0.00830. The van der Waals surface area contributed by atoms with Crippen LogP contribution in [0.1, 0.15) is 49.6 Å². The van der Waals surface area contributed by atoms with Gasteiger partial charge in [0.05, 0.1) is 23.6 Å². The van der Waals surface area contributed by atoms with Crippen LogP contribution in [0.25, 0.3) is 5.69 Å². The average molecular weight is 323 g/mol. The Kier molecular flexibility index (Phi) is 4.31. The standard InChI is InChI=1S/C20H25N3O/c1-5-8-19(24)22-16-11-20(3,4)12-18-15(16)13-21-23(18)17-10-7-6-9-14(17)2/h5-7,9-10,13,16H,1,8,11-12H2,2-4H3,(H,22,24)/t16-/m1/s1. The van der Waals surface area contributed by atoms with Crippen LogP contribution in [-0.4, -0.2) is 15.7 Å². The largest absolute Gasteiger partial charge is 0.349 e. The highest BCUT2D eigenvalue weighted by Gasteiger charge is 2.35. The molecule has 1 N–H and O–H groups in total. The molecule has 0 aliphatic heterocycles. The Hall–Kier alpha value is -2.36. The maximum atomic E-state index is 12.1. The van der Waals surface area contributed by atoms with E-state index in [1.165, 1.54) is 11.3 Å². The molecule has 1 atom stereocenters. The zero-order valence-electron chi connectivity index (χ0n) is 14.7. The van der Waals surface area contributed by atoms with Crippen LogP contribution in [0, 0.1) is 12.3 Å². The molecule has 1 aliphatic rings. The van der Waals surface area contributed by atoms with E-state index in [1.807, 2.05) is 23.0 Å². The summed E-state index contributed by atoms with van der Waals surface area (Å²) in [4.78, 5) is 12.1. The van der Waals surface area contributed by atoms with Gasteiger partial charge in [0.1, 0.15) is 0 Å². The van der Waals surface area contributed by atoms with Crippen molar-refractivity contribution in [1.82, 2.24) is 15.1 Å². The molecule has 4 heteroatoms. The number of carbonyl (C=O) groups is 1. The van der Waals surface area contributed by atoms with Gasteiger partial charge in [-0.2, -0.15) is 5.10 Å². The van der Waals surface area contributed by atoms with Crippen LogP contribution >= 0.6 is 0 Å². The fourth-order valence-electron chi connectivity index (χ4n) is 3.56. The summed E-state index contributed by atoms with van der Waals surface area (Å²) in [5.74, 6) is 0.0160. The first-order valence-corrected chi connectivity index (χ1v) is 8.44. The molecular weight excluding hydrogens is 298 g/mol. The molecule has 0 saturated heterocycles. The SMILES string of the molecule is C=CCC(=O)N[C@@H]1CC(C)(C)Cc2c1cnn2-c1ccccc1C. The third kappa shape index (κ3) is 3.14. The number of carbonyl (C=O) groups excluding carboxylic acids is 1. The predicted octanol–water partition coefficient (Wildman–Crippen LogP) is 3.89. The highest BCUT2D eigenvalue weighted by atomic mass is 16.1. The molecule has 1 aromatic carbocycles. The van der Waals surface area contributed by atoms with Gasteiger partial charge in [0.2, 0.25) is 5.91 Å². The summed E-state index contributed by atoms with van der Waals surface area (Å²) in [7, 11) is 0. The van der Waals surface area contributed by atoms with Crippen LogP contribution in [-0.2, 0) is 11.2 Å². The van der Waals surface area contributed by atoms with Crippen molar-refractivity contribution < 1.29 is 4.79 Å².